The highest BCUT2D eigenvalue weighted by molar-refractivity contribution is 7.10. The first-order chi connectivity index (χ1) is 12.8. The number of nitrogens with zero attached hydrogens (tertiary/aromatic N) is 3. The molecule has 0 spiro atoms. The van der Waals surface area contributed by atoms with Crippen molar-refractivity contribution in [1.82, 2.24) is 20.3 Å². The topological polar surface area (TPSA) is 73.0 Å². The van der Waals surface area contributed by atoms with E-state index in [0.29, 0.717) is 12.3 Å². The summed E-state index contributed by atoms with van der Waals surface area (Å²) < 4.78 is 7.13. The predicted octanol–water partition coefficient (Wildman–Crippen LogP) is 3.62. The third-order valence-electron chi connectivity index (χ3n) is 3.97. The van der Waals surface area contributed by atoms with Gasteiger partial charge in [-0.2, -0.15) is 5.10 Å². The number of rotatable bonds is 6. The summed E-state index contributed by atoms with van der Waals surface area (Å²) in [6.45, 7) is 0.411. The van der Waals surface area contributed by atoms with Crippen molar-refractivity contribution in [3.8, 4) is 11.3 Å². The molecular formula is C19H16N4O2S. The molecule has 1 atom stereocenters. The smallest absolute Gasteiger partial charge is 0.273 e. The number of carbonyl (C=O) groups excluding carboxylic acids is 1. The molecule has 4 rings (SSSR count). The summed E-state index contributed by atoms with van der Waals surface area (Å²) in [4.78, 5) is 13.6. The lowest BCUT2D eigenvalue weighted by atomic mass is 10.1. The molecule has 0 unspecified atom stereocenters. The van der Waals surface area contributed by atoms with E-state index in [0.717, 1.165) is 10.4 Å². The molecule has 6 nitrogen and oxygen atoms in total. The van der Waals surface area contributed by atoms with Crippen LogP contribution in [0.15, 0.2) is 76.9 Å². The summed E-state index contributed by atoms with van der Waals surface area (Å²) in [6, 6.07) is 17.0. The Morgan fingerprint density at radius 1 is 1.19 bits per heavy atom. The summed E-state index contributed by atoms with van der Waals surface area (Å²) >= 11 is 1.63. The minimum atomic E-state index is -0.273. The molecule has 3 heterocycles. The number of carbonyl (C=O) groups is 1. The maximum atomic E-state index is 12.5. The quantitative estimate of drug-likeness (QED) is 0.567. The molecule has 1 aromatic carbocycles. The van der Waals surface area contributed by atoms with E-state index < -0.39 is 0 Å². The van der Waals surface area contributed by atoms with E-state index in [2.05, 4.69) is 15.6 Å². The summed E-state index contributed by atoms with van der Waals surface area (Å²) in [7, 11) is 0. The van der Waals surface area contributed by atoms with Crippen LogP contribution in [0.5, 0.6) is 0 Å². The lowest BCUT2D eigenvalue weighted by Gasteiger charge is -2.16. The van der Waals surface area contributed by atoms with Crippen LogP contribution in [-0.4, -0.2) is 27.4 Å². The third-order valence-corrected chi connectivity index (χ3v) is 4.95. The fourth-order valence-corrected chi connectivity index (χ4v) is 3.49. The fraction of sp³-hybridized carbons (Fsp3) is 0.105. The number of hydrogen-bond donors (Lipinski definition) is 1. The monoisotopic (exact) mass is 364 g/mol. The summed E-state index contributed by atoms with van der Waals surface area (Å²) in [5.74, 6) is 0.294. The second kappa shape index (κ2) is 7.37. The van der Waals surface area contributed by atoms with Gasteiger partial charge in [0.1, 0.15) is 6.04 Å². The number of amides is 1. The largest absolute Gasteiger partial charge is 0.355 e. The summed E-state index contributed by atoms with van der Waals surface area (Å²) in [5, 5.41) is 13.1. The first kappa shape index (κ1) is 16.3. The van der Waals surface area contributed by atoms with Crippen LogP contribution >= 0.6 is 11.3 Å². The number of thiophene rings is 1. The minimum absolute atomic E-state index is 0.0607. The van der Waals surface area contributed by atoms with Crippen LogP contribution in [0.3, 0.4) is 0 Å². The second-order valence-corrected chi connectivity index (χ2v) is 6.65. The van der Waals surface area contributed by atoms with Gasteiger partial charge in [-0.25, -0.2) is 0 Å². The van der Waals surface area contributed by atoms with Gasteiger partial charge in [0.25, 0.3) is 5.91 Å². The zero-order valence-corrected chi connectivity index (χ0v) is 14.6. The van der Waals surface area contributed by atoms with Crippen molar-refractivity contribution < 1.29 is 9.32 Å². The van der Waals surface area contributed by atoms with Gasteiger partial charge in [-0.15, -0.1) is 11.3 Å². The van der Waals surface area contributed by atoms with Gasteiger partial charge in [-0.3, -0.25) is 9.48 Å². The number of benzene rings is 1. The van der Waals surface area contributed by atoms with Gasteiger partial charge in [0, 0.05) is 35.4 Å². The third kappa shape index (κ3) is 3.43. The van der Waals surface area contributed by atoms with Crippen molar-refractivity contribution in [1.29, 1.82) is 0 Å². The predicted molar refractivity (Wildman–Crippen MR) is 99.0 cm³/mol. The normalized spacial score (nSPS) is 12.0. The Kier molecular flexibility index (Phi) is 4.61. The molecule has 0 bridgehead atoms. The Morgan fingerprint density at radius 3 is 2.81 bits per heavy atom. The van der Waals surface area contributed by atoms with Gasteiger partial charge >= 0.3 is 0 Å². The standard InChI is InChI=1S/C19H16N4O2S/c24-19(15-12-17(25-22-15)14-6-2-1-3-7-14)20-13-16(18-8-4-11-26-18)23-10-5-9-21-23/h1-12,16H,13H2,(H,20,24)/t16-/m0/s1. The molecule has 1 amide bonds. The van der Waals surface area contributed by atoms with Crippen LogP contribution < -0.4 is 5.32 Å². The molecular weight excluding hydrogens is 348 g/mol. The highest BCUT2D eigenvalue weighted by Crippen LogP contribution is 2.22. The van der Waals surface area contributed by atoms with E-state index in [1.54, 1.807) is 23.6 Å². The first-order valence-corrected chi connectivity index (χ1v) is 9.02. The lowest BCUT2D eigenvalue weighted by molar-refractivity contribution is 0.0940. The van der Waals surface area contributed by atoms with Crippen molar-refractivity contribution in [2.75, 3.05) is 6.54 Å². The number of nitrogens with one attached hydrogen (secondary N) is 1. The van der Waals surface area contributed by atoms with Crippen LogP contribution in [0.4, 0.5) is 0 Å². The zero-order valence-electron chi connectivity index (χ0n) is 13.8. The van der Waals surface area contributed by atoms with Gasteiger partial charge in [-0.05, 0) is 17.5 Å². The molecule has 0 aliphatic carbocycles. The molecule has 1 N–H and O–H groups in total. The van der Waals surface area contributed by atoms with E-state index in [9.17, 15) is 4.79 Å². The summed E-state index contributed by atoms with van der Waals surface area (Å²) in [6.07, 6.45) is 3.62. The molecule has 0 fully saturated rings. The van der Waals surface area contributed by atoms with Crippen molar-refractivity contribution >= 4 is 17.2 Å². The van der Waals surface area contributed by atoms with Gasteiger partial charge in [0.05, 0.1) is 0 Å². The average molecular weight is 364 g/mol. The van der Waals surface area contributed by atoms with Gasteiger partial charge in [-0.1, -0.05) is 41.6 Å². The Labute approximate surface area is 154 Å². The van der Waals surface area contributed by atoms with Crippen LogP contribution in [0.2, 0.25) is 0 Å². The SMILES string of the molecule is O=C(NC[C@@H](c1cccs1)n1cccn1)c1cc(-c2ccccc2)on1. The van der Waals surface area contributed by atoms with Crippen LogP contribution in [0, 0.1) is 0 Å². The van der Waals surface area contributed by atoms with E-state index in [-0.39, 0.29) is 17.6 Å². The lowest BCUT2D eigenvalue weighted by Crippen LogP contribution is -2.31. The Hall–Kier alpha value is -3.19. The molecule has 7 heteroatoms. The molecule has 26 heavy (non-hydrogen) atoms. The molecule has 3 aromatic heterocycles. The van der Waals surface area contributed by atoms with Crippen molar-refractivity contribution in [3.05, 3.63) is 82.9 Å². The maximum absolute atomic E-state index is 12.5. The Morgan fingerprint density at radius 2 is 2.08 bits per heavy atom. The van der Waals surface area contributed by atoms with Crippen molar-refractivity contribution in [3.63, 3.8) is 0 Å². The van der Waals surface area contributed by atoms with Gasteiger partial charge < -0.3 is 9.84 Å². The molecule has 0 saturated heterocycles. The van der Waals surface area contributed by atoms with Crippen molar-refractivity contribution in [2.24, 2.45) is 0 Å². The first-order valence-electron chi connectivity index (χ1n) is 8.14. The van der Waals surface area contributed by atoms with Crippen LogP contribution in [0.25, 0.3) is 11.3 Å². The summed E-state index contributed by atoms with van der Waals surface area (Å²) in [5.41, 5.74) is 1.14. The molecule has 0 saturated carbocycles. The zero-order chi connectivity index (χ0) is 17.8. The van der Waals surface area contributed by atoms with Crippen LogP contribution in [-0.2, 0) is 0 Å². The van der Waals surface area contributed by atoms with Crippen molar-refractivity contribution in [2.45, 2.75) is 6.04 Å². The van der Waals surface area contributed by atoms with E-state index >= 15 is 0 Å². The van der Waals surface area contributed by atoms with E-state index in [1.165, 1.54) is 0 Å². The molecule has 0 aliphatic heterocycles. The second-order valence-electron chi connectivity index (χ2n) is 5.67. The van der Waals surface area contributed by atoms with E-state index in [1.807, 2.05) is 64.8 Å². The highest BCUT2D eigenvalue weighted by atomic mass is 32.1. The van der Waals surface area contributed by atoms with Gasteiger partial charge in [0.15, 0.2) is 11.5 Å². The Balaban J connectivity index is 1.47. The Bertz CT molecular complexity index is 928. The van der Waals surface area contributed by atoms with E-state index in [4.69, 9.17) is 4.52 Å². The maximum Gasteiger partial charge on any atom is 0.273 e. The van der Waals surface area contributed by atoms with Crippen LogP contribution in [0.1, 0.15) is 21.4 Å². The molecule has 0 radical (unpaired) electrons. The van der Waals surface area contributed by atoms with Gasteiger partial charge in [0.2, 0.25) is 0 Å². The minimum Gasteiger partial charge on any atom is -0.355 e. The fourth-order valence-electron chi connectivity index (χ4n) is 2.67. The molecule has 4 aromatic rings. The highest BCUT2D eigenvalue weighted by Gasteiger charge is 2.19. The molecule has 0 aliphatic rings. The number of aromatic nitrogens is 3. The number of hydrogen-bond acceptors (Lipinski definition) is 5. The molecule has 130 valence electrons. The average Bonchev–Trinajstić information content (AvgIpc) is 3.44.